The van der Waals surface area contributed by atoms with E-state index in [-0.39, 0.29) is 12.5 Å². The van der Waals surface area contributed by atoms with Crippen LogP contribution >= 0.6 is 0 Å². The Morgan fingerprint density at radius 1 is 1.29 bits per heavy atom. The number of nitrogens with zero attached hydrogens (tertiary/aromatic N) is 3. The van der Waals surface area contributed by atoms with Crippen molar-refractivity contribution in [2.24, 2.45) is 0 Å². The van der Waals surface area contributed by atoms with E-state index in [1.165, 1.54) is 5.56 Å². The number of likely N-dealkylation sites (tertiary alicyclic amines) is 1. The van der Waals surface area contributed by atoms with Gasteiger partial charge in [0.05, 0.1) is 12.7 Å². The number of likely N-dealkylation sites (N-methyl/N-ethyl adjacent to an activating group) is 1. The molecule has 0 spiro atoms. The minimum Gasteiger partial charge on any atom is -0.379 e. The van der Waals surface area contributed by atoms with E-state index in [9.17, 15) is 9.90 Å². The van der Waals surface area contributed by atoms with Crippen LogP contribution in [0.4, 0.5) is 0 Å². The smallest absolute Gasteiger partial charge is 0.255 e. The first-order valence-electron chi connectivity index (χ1n) is 8.31. The predicted octanol–water partition coefficient (Wildman–Crippen LogP) is 1.00. The summed E-state index contributed by atoms with van der Waals surface area (Å²) >= 11 is 0. The van der Waals surface area contributed by atoms with Gasteiger partial charge in [0.25, 0.3) is 5.91 Å². The van der Waals surface area contributed by atoms with Gasteiger partial charge in [-0.15, -0.1) is 0 Å². The van der Waals surface area contributed by atoms with Crippen LogP contribution in [0.1, 0.15) is 24.0 Å². The van der Waals surface area contributed by atoms with Gasteiger partial charge in [-0.25, -0.2) is 0 Å². The molecular weight excluding hydrogens is 304 g/mol. The molecule has 6 heteroatoms. The zero-order valence-electron chi connectivity index (χ0n) is 14.0. The molecule has 2 heterocycles. The van der Waals surface area contributed by atoms with Gasteiger partial charge in [0.15, 0.2) is 5.60 Å². The maximum absolute atomic E-state index is 12.1. The molecule has 1 fully saturated rings. The average molecular weight is 328 g/mol. The molecular formula is C18H24N4O2. The minimum absolute atomic E-state index is 0.193. The summed E-state index contributed by atoms with van der Waals surface area (Å²) in [5.74, 6) is -0.193. The van der Waals surface area contributed by atoms with E-state index in [2.05, 4.69) is 22.5 Å². The number of piperidine rings is 1. The molecule has 1 aromatic carbocycles. The summed E-state index contributed by atoms with van der Waals surface area (Å²) in [6.07, 6.45) is 5.14. The van der Waals surface area contributed by atoms with Gasteiger partial charge < -0.3 is 15.3 Å². The van der Waals surface area contributed by atoms with Crippen molar-refractivity contribution in [3.05, 3.63) is 53.9 Å². The number of carbonyl (C=O) groups is 1. The molecule has 1 aromatic heterocycles. The number of aromatic nitrogens is 2. The largest absolute Gasteiger partial charge is 0.379 e. The van der Waals surface area contributed by atoms with Gasteiger partial charge in [0.1, 0.15) is 0 Å². The second kappa shape index (κ2) is 7.15. The van der Waals surface area contributed by atoms with E-state index >= 15 is 0 Å². The molecule has 0 unspecified atom stereocenters. The molecule has 0 bridgehead atoms. The molecule has 2 N–H and O–H groups in total. The molecule has 0 saturated carbocycles. The van der Waals surface area contributed by atoms with Crippen LogP contribution in [0.2, 0.25) is 0 Å². The van der Waals surface area contributed by atoms with Crippen LogP contribution in [0.15, 0.2) is 42.7 Å². The Morgan fingerprint density at radius 2 is 2.08 bits per heavy atom. The SMILES string of the molecule is CN1CCC[C@@](O)(CNCc2cnn(Cc3ccccc3)c2)C1=O. The Balaban J connectivity index is 1.51. The molecule has 6 nitrogen and oxygen atoms in total. The highest BCUT2D eigenvalue weighted by molar-refractivity contribution is 5.85. The number of hydrogen-bond acceptors (Lipinski definition) is 4. The molecule has 1 aliphatic heterocycles. The third-order valence-electron chi connectivity index (χ3n) is 4.45. The summed E-state index contributed by atoms with van der Waals surface area (Å²) in [6.45, 7) is 2.29. The van der Waals surface area contributed by atoms with Gasteiger partial charge >= 0.3 is 0 Å². The number of nitrogens with one attached hydrogen (secondary N) is 1. The van der Waals surface area contributed by atoms with Gasteiger partial charge in [-0.3, -0.25) is 9.48 Å². The van der Waals surface area contributed by atoms with Crippen molar-refractivity contribution in [3.63, 3.8) is 0 Å². The van der Waals surface area contributed by atoms with E-state index in [1.807, 2.05) is 35.3 Å². The number of benzene rings is 1. The normalized spacial score (nSPS) is 21.2. The van der Waals surface area contributed by atoms with Crippen molar-refractivity contribution in [2.75, 3.05) is 20.1 Å². The lowest BCUT2D eigenvalue weighted by Gasteiger charge is -2.36. The third kappa shape index (κ3) is 3.83. The summed E-state index contributed by atoms with van der Waals surface area (Å²) in [5, 5.41) is 18.1. The third-order valence-corrected chi connectivity index (χ3v) is 4.45. The van der Waals surface area contributed by atoms with E-state index in [1.54, 1.807) is 11.9 Å². The second-order valence-electron chi connectivity index (χ2n) is 6.50. The molecule has 3 rings (SSSR count). The number of aliphatic hydroxyl groups is 1. The van der Waals surface area contributed by atoms with Crippen LogP contribution in [0.3, 0.4) is 0 Å². The highest BCUT2D eigenvalue weighted by atomic mass is 16.3. The highest BCUT2D eigenvalue weighted by Gasteiger charge is 2.40. The molecule has 0 radical (unpaired) electrons. The first kappa shape index (κ1) is 16.7. The van der Waals surface area contributed by atoms with E-state index in [0.29, 0.717) is 19.5 Å². The molecule has 1 atom stereocenters. The first-order valence-corrected chi connectivity index (χ1v) is 8.31. The Morgan fingerprint density at radius 3 is 2.88 bits per heavy atom. The molecule has 2 aromatic rings. The predicted molar refractivity (Wildman–Crippen MR) is 91.3 cm³/mol. The summed E-state index contributed by atoms with van der Waals surface area (Å²) in [4.78, 5) is 13.7. The Kier molecular flexibility index (Phi) is 4.97. The van der Waals surface area contributed by atoms with Crippen molar-refractivity contribution < 1.29 is 9.90 Å². The van der Waals surface area contributed by atoms with Gasteiger partial charge in [-0.05, 0) is 18.4 Å². The lowest BCUT2D eigenvalue weighted by molar-refractivity contribution is -0.154. The van der Waals surface area contributed by atoms with Crippen molar-refractivity contribution in [1.82, 2.24) is 20.0 Å². The maximum atomic E-state index is 12.1. The number of hydrogen-bond donors (Lipinski definition) is 2. The van der Waals surface area contributed by atoms with Crippen LogP contribution in [0, 0.1) is 0 Å². The second-order valence-corrected chi connectivity index (χ2v) is 6.50. The van der Waals surface area contributed by atoms with Crippen LogP contribution < -0.4 is 5.32 Å². The molecule has 0 aliphatic carbocycles. The Hall–Kier alpha value is -2.18. The molecule has 24 heavy (non-hydrogen) atoms. The maximum Gasteiger partial charge on any atom is 0.255 e. The van der Waals surface area contributed by atoms with Gasteiger partial charge in [0, 0.05) is 38.4 Å². The minimum atomic E-state index is -1.28. The summed E-state index contributed by atoms with van der Waals surface area (Å²) in [6, 6.07) is 10.2. The van der Waals surface area contributed by atoms with Crippen molar-refractivity contribution in [2.45, 2.75) is 31.5 Å². The van der Waals surface area contributed by atoms with Gasteiger partial charge in [0.2, 0.25) is 0 Å². The van der Waals surface area contributed by atoms with E-state index < -0.39 is 5.60 Å². The lowest BCUT2D eigenvalue weighted by atomic mass is 9.92. The number of rotatable bonds is 6. The number of carbonyl (C=O) groups excluding carboxylic acids is 1. The molecule has 128 valence electrons. The zero-order chi connectivity index (χ0) is 17.0. The van der Waals surface area contributed by atoms with E-state index in [0.717, 1.165) is 18.5 Å². The van der Waals surface area contributed by atoms with E-state index in [4.69, 9.17) is 0 Å². The Bertz CT molecular complexity index is 685. The molecule has 1 aliphatic rings. The number of amides is 1. The topological polar surface area (TPSA) is 70.4 Å². The lowest BCUT2D eigenvalue weighted by Crippen LogP contribution is -2.56. The van der Waals surface area contributed by atoms with Crippen LogP contribution in [0.25, 0.3) is 0 Å². The van der Waals surface area contributed by atoms with Crippen LogP contribution in [0.5, 0.6) is 0 Å². The quantitative estimate of drug-likeness (QED) is 0.830. The summed E-state index contributed by atoms with van der Waals surface area (Å²) < 4.78 is 1.89. The van der Waals surface area contributed by atoms with Gasteiger partial charge in [-0.1, -0.05) is 30.3 Å². The first-order chi connectivity index (χ1) is 11.6. The fourth-order valence-electron chi connectivity index (χ4n) is 3.10. The standard InChI is InChI=1S/C18H24N4O2/c1-21-9-5-8-18(24,17(21)23)14-19-10-16-11-20-22(13-16)12-15-6-3-2-4-7-15/h2-4,6-7,11,13,19,24H,5,8-10,12,14H2,1H3/t18-/m1/s1. The average Bonchev–Trinajstić information content (AvgIpc) is 3.01. The van der Waals surface area contributed by atoms with Crippen LogP contribution in [-0.4, -0.2) is 51.4 Å². The monoisotopic (exact) mass is 328 g/mol. The summed E-state index contributed by atoms with van der Waals surface area (Å²) in [5.41, 5.74) is 0.948. The van der Waals surface area contributed by atoms with Crippen molar-refractivity contribution in [1.29, 1.82) is 0 Å². The summed E-state index contributed by atoms with van der Waals surface area (Å²) in [7, 11) is 1.74. The van der Waals surface area contributed by atoms with Gasteiger partial charge in [-0.2, -0.15) is 5.10 Å². The van der Waals surface area contributed by atoms with Crippen LogP contribution in [-0.2, 0) is 17.9 Å². The van der Waals surface area contributed by atoms with Crippen molar-refractivity contribution >= 4 is 5.91 Å². The zero-order valence-corrected chi connectivity index (χ0v) is 14.0. The molecule has 1 amide bonds. The Labute approximate surface area is 142 Å². The highest BCUT2D eigenvalue weighted by Crippen LogP contribution is 2.21. The fourth-order valence-corrected chi connectivity index (χ4v) is 3.10. The fraction of sp³-hybridized carbons (Fsp3) is 0.444. The van der Waals surface area contributed by atoms with Crippen molar-refractivity contribution in [3.8, 4) is 0 Å². The molecule has 1 saturated heterocycles.